The lowest BCUT2D eigenvalue weighted by Gasteiger charge is -2.37. The van der Waals surface area contributed by atoms with Gasteiger partial charge >= 0.3 is 0 Å². The average Bonchev–Trinajstić information content (AvgIpc) is 2.35. The molecule has 0 N–H and O–H groups in total. The molecule has 0 radical (unpaired) electrons. The summed E-state index contributed by atoms with van der Waals surface area (Å²) in [5, 5.41) is 0. The van der Waals surface area contributed by atoms with Gasteiger partial charge < -0.3 is 9.47 Å². The van der Waals surface area contributed by atoms with Gasteiger partial charge in [-0.15, -0.1) is 0 Å². The molecule has 0 aromatic rings. The van der Waals surface area contributed by atoms with Gasteiger partial charge in [0.2, 0.25) is 0 Å². The minimum absolute atomic E-state index is 0.275. The van der Waals surface area contributed by atoms with Crippen LogP contribution in [0.4, 0.5) is 0 Å². The van der Waals surface area contributed by atoms with E-state index in [4.69, 9.17) is 9.47 Å². The van der Waals surface area contributed by atoms with Gasteiger partial charge in [0.25, 0.3) is 0 Å². The second kappa shape index (κ2) is 8.53. The molecule has 2 atom stereocenters. The SMILES string of the molecule is CCCC(CS)(CCC)COC1CC(C)OC(C)C1. The highest BCUT2D eigenvalue weighted by molar-refractivity contribution is 7.80. The second-order valence-electron chi connectivity index (χ2n) is 6.32. The number of hydrogen-bond donors (Lipinski definition) is 1. The molecule has 1 saturated heterocycles. The van der Waals surface area contributed by atoms with Gasteiger partial charge in [-0.1, -0.05) is 26.7 Å². The summed E-state index contributed by atoms with van der Waals surface area (Å²) >= 11 is 4.60. The molecule has 19 heavy (non-hydrogen) atoms. The first-order valence-corrected chi connectivity index (χ1v) is 8.56. The van der Waals surface area contributed by atoms with E-state index in [1.54, 1.807) is 0 Å². The first-order chi connectivity index (χ1) is 9.05. The molecule has 2 nitrogen and oxygen atoms in total. The van der Waals surface area contributed by atoms with E-state index in [9.17, 15) is 0 Å². The summed E-state index contributed by atoms with van der Waals surface area (Å²) in [4.78, 5) is 0. The van der Waals surface area contributed by atoms with Crippen molar-refractivity contribution in [2.45, 2.75) is 84.5 Å². The Kier molecular flexibility index (Phi) is 7.78. The minimum atomic E-state index is 0.275. The van der Waals surface area contributed by atoms with Crippen molar-refractivity contribution < 1.29 is 9.47 Å². The van der Waals surface area contributed by atoms with E-state index in [-0.39, 0.29) is 5.41 Å². The fraction of sp³-hybridized carbons (Fsp3) is 1.00. The van der Waals surface area contributed by atoms with Crippen molar-refractivity contribution in [3.63, 3.8) is 0 Å². The molecule has 0 aromatic carbocycles. The van der Waals surface area contributed by atoms with Gasteiger partial charge in [-0.2, -0.15) is 12.6 Å². The summed E-state index contributed by atoms with van der Waals surface area (Å²) in [5.74, 6) is 0.934. The van der Waals surface area contributed by atoms with Crippen LogP contribution in [0.5, 0.6) is 0 Å². The molecule has 1 aliphatic heterocycles. The monoisotopic (exact) mass is 288 g/mol. The molecule has 0 spiro atoms. The number of ether oxygens (including phenoxy) is 2. The van der Waals surface area contributed by atoms with Crippen LogP contribution in [-0.4, -0.2) is 30.7 Å². The lowest BCUT2D eigenvalue weighted by atomic mass is 9.82. The van der Waals surface area contributed by atoms with Crippen molar-refractivity contribution in [1.29, 1.82) is 0 Å². The van der Waals surface area contributed by atoms with E-state index in [0.29, 0.717) is 18.3 Å². The Hall–Kier alpha value is 0.270. The zero-order chi connectivity index (χ0) is 14.3. The third kappa shape index (κ3) is 5.65. The van der Waals surface area contributed by atoms with Crippen molar-refractivity contribution in [1.82, 2.24) is 0 Å². The Morgan fingerprint density at radius 2 is 1.63 bits per heavy atom. The van der Waals surface area contributed by atoms with Gasteiger partial charge in [0.1, 0.15) is 0 Å². The van der Waals surface area contributed by atoms with Crippen molar-refractivity contribution in [3.8, 4) is 0 Å². The molecule has 0 aliphatic carbocycles. The third-order valence-electron chi connectivity index (χ3n) is 4.18. The van der Waals surface area contributed by atoms with Crippen LogP contribution in [0.25, 0.3) is 0 Å². The number of hydrogen-bond acceptors (Lipinski definition) is 3. The molecular weight excluding hydrogens is 256 g/mol. The first-order valence-electron chi connectivity index (χ1n) is 7.93. The zero-order valence-corrected chi connectivity index (χ0v) is 14.0. The van der Waals surface area contributed by atoms with Crippen molar-refractivity contribution in [2.75, 3.05) is 12.4 Å². The Bertz CT molecular complexity index is 229. The highest BCUT2D eigenvalue weighted by Crippen LogP contribution is 2.33. The summed E-state index contributed by atoms with van der Waals surface area (Å²) < 4.78 is 12.0. The molecule has 0 bridgehead atoms. The van der Waals surface area contributed by atoms with E-state index in [1.165, 1.54) is 25.7 Å². The lowest BCUT2D eigenvalue weighted by Crippen LogP contribution is -2.37. The van der Waals surface area contributed by atoms with E-state index in [2.05, 4.69) is 40.3 Å². The molecule has 3 heteroatoms. The highest BCUT2D eigenvalue weighted by Gasteiger charge is 2.31. The largest absolute Gasteiger partial charge is 0.377 e. The van der Waals surface area contributed by atoms with Crippen LogP contribution in [0.2, 0.25) is 0 Å². The normalized spacial score (nSPS) is 28.6. The van der Waals surface area contributed by atoms with E-state index < -0.39 is 0 Å². The van der Waals surface area contributed by atoms with Gasteiger partial charge in [-0.3, -0.25) is 0 Å². The van der Waals surface area contributed by atoms with Crippen LogP contribution in [0, 0.1) is 5.41 Å². The average molecular weight is 288 g/mol. The third-order valence-corrected chi connectivity index (χ3v) is 4.85. The Morgan fingerprint density at radius 1 is 1.11 bits per heavy atom. The van der Waals surface area contributed by atoms with Gasteiger partial charge in [0, 0.05) is 5.41 Å². The molecule has 0 saturated carbocycles. The van der Waals surface area contributed by atoms with Crippen LogP contribution in [0.15, 0.2) is 0 Å². The van der Waals surface area contributed by atoms with Crippen LogP contribution in [0.1, 0.15) is 66.2 Å². The maximum Gasteiger partial charge on any atom is 0.0624 e. The fourth-order valence-electron chi connectivity index (χ4n) is 3.31. The summed E-state index contributed by atoms with van der Waals surface area (Å²) in [6.45, 7) is 9.67. The Labute approximate surface area is 125 Å². The summed E-state index contributed by atoms with van der Waals surface area (Å²) in [5.41, 5.74) is 0.275. The predicted molar refractivity (Wildman–Crippen MR) is 85.1 cm³/mol. The molecule has 1 aliphatic rings. The first kappa shape index (κ1) is 17.3. The molecule has 1 heterocycles. The number of rotatable bonds is 8. The summed E-state index contributed by atoms with van der Waals surface area (Å²) in [7, 11) is 0. The Balaban J connectivity index is 2.50. The van der Waals surface area contributed by atoms with Crippen molar-refractivity contribution in [2.24, 2.45) is 5.41 Å². The molecule has 2 unspecified atom stereocenters. The molecule has 0 aromatic heterocycles. The minimum Gasteiger partial charge on any atom is -0.377 e. The summed E-state index contributed by atoms with van der Waals surface area (Å²) in [6.07, 6.45) is 7.96. The molecule has 1 fully saturated rings. The van der Waals surface area contributed by atoms with Crippen LogP contribution < -0.4 is 0 Å². The van der Waals surface area contributed by atoms with Gasteiger partial charge in [0.15, 0.2) is 0 Å². The van der Waals surface area contributed by atoms with Crippen LogP contribution in [-0.2, 0) is 9.47 Å². The zero-order valence-electron chi connectivity index (χ0n) is 13.2. The van der Waals surface area contributed by atoms with Gasteiger partial charge in [0.05, 0.1) is 24.9 Å². The lowest BCUT2D eigenvalue weighted by molar-refractivity contribution is -0.115. The van der Waals surface area contributed by atoms with E-state index in [1.807, 2.05) is 0 Å². The summed E-state index contributed by atoms with van der Waals surface area (Å²) in [6, 6.07) is 0. The predicted octanol–water partition coefficient (Wildman–Crippen LogP) is 4.48. The van der Waals surface area contributed by atoms with Crippen LogP contribution >= 0.6 is 12.6 Å². The highest BCUT2D eigenvalue weighted by atomic mass is 32.1. The second-order valence-corrected chi connectivity index (χ2v) is 6.64. The van der Waals surface area contributed by atoms with Crippen LogP contribution in [0.3, 0.4) is 0 Å². The molecule has 0 amide bonds. The Morgan fingerprint density at radius 3 is 2.05 bits per heavy atom. The van der Waals surface area contributed by atoms with Gasteiger partial charge in [-0.05, 0) is 45.3 Å². The van der Waals surface area contributed by atoms with E-state index >= 15 is 0 Å². The smallest absolute Gasteiger partial charge is 0.0624 e. The maximum atomic E-state index is 6.26. The topological polar surface area (TPSA) is 18.5 Å². The molecule has 114 valence electrons. The van der Waals surface area contributed by atoms with E-state index in [0.717, 1.165) is 25.2 Å². The fourth-order valence-corrected chi connectivity index (χ4v) is 3.72. The molecule has 1 rings (SSSR count). The quantitative estimate of drug-likeness (QED) is 0.664. The maximum absolute atomic E-state index is 6.26. The molecular formula is C16H32O2S. The van der Waals surface area contributed by atoms with Gasteiger partial charge in [-0.25, -0.2) is 0 Å². The van der Waals surface area contributed by atoms with Crippen molar-refractivity contribution >= 4 is 12.6 Å². The standard InChI is InChI=1S/C16H32O2S/c1-5-7-16(12-19,8-6-2)11-17-15-9-13(3)18-14(4)10-15/h13-15,19H,5-12H2,1-4H3. The van der Waals surface area contributed by atoms with Crippen molar-refractivity contribution in [3.05, 3.63) is 0 Å². The number of thiol groups is 1.